The molecule has 1 aliphatic rings. The molecule has 5 rings (SSSR count). The lowest BCUT2D eigenvalue weighted by Gasteiger charge is -2.34. The average molecular weight is 514 g/mol. The number of hydrogen-bond acceptors (Lipinski definition) is 6. The smallest absolute Gasteiger partial charge is 0.268 e. The van der Waals surface area contributed by atoms with Crippen molar-refractivity contribution in [2.75, 3.05) is 36.4 Å². The van der Waals surface area contributed by atoms with Gasteiger partial charge in [0.25, 0.3) is 11.8 Å². The van der Waals surface area contributed by atoms with Gasteiger partial charge in [-0.05, 0) is 42.5 Å². The lowest BCUT2D eigenvalue weighted by molar-refractivity contribution is -0.126. The van der Waals surface area contributed by atoms with Crippen molar-refractivity contribution in [3.05, 3.63) is 90.7 Å². The number of carbonyl (C=O) groups excluding carboxylic acids is 3. The zero-order valence-corrected chi connectivity index (χ0v) is 20.3. The minimum atomic E-state index is -0.653. The number of nitrogens with one attached hydrogen (secondary N) is 1. The van der Waals surface area contributed by atoms with Gasteiger partial charge in [0.1, 0.15) is 17.2 Å². The van der Waals surface area contributed by atoms with Crippen LogP contribution in [0.3, 0.4) is 0 Å². The van der Waals surface area contributed by atoms with Gasteiger partial charge in [-0.2, -0.15) is 0 Å². The number of carbonyl (C=O) groups is 3. The molecule has 0 aliphatic carbocycles. The van der Waals surface area contributed by atoms with E-state index in [1.807, 2.05) is 4.90 Å². The third kappa shape index (κ3) is 4.69. The van der Waals surface area contributed by atoms with E-state index in [9.17, 15) is 18.8 Å². The number of piperazine rings is 1. The molecule has 0 saturated carbocycles. The first-order valence-electron chi connectivity index (χ1n) is 11.9. The highest BCUT2D eigenvalue weighted by molar-refractivity contribution is 6.04. The third-order valence-corrected chi connectivity index (χ3v) is 6.35. The molecule has 3 N–H and O–H groups in total. The van der Waals surface area contributed by atoms with Crippen LogP contribution < -0.4 is 16.0 Å². The number of imidazole rings is 1. The summed E-state index contributed by atoms with van der Waals surface area (Å²) in [4.78, 5) is 49.9. The standard InChI is InChI=1S/C27H24FN7O3/c1-2-21(36)33-13-15-34(16-14-33)25-26-32-22(23(24(29)37)35(26)12-11-30-25)17-5-9-20(10-6-17)31-27(38)18-3-7-19(28)8-4-18/h2-12H,1,13-16H2,(H2,29,37)(H,31,38). The van der Waals surface area contributed by atoms with Crippen molar-refractivity contribution in [1.82, 2.24) is 19.3 Å². The highest BCUT2D eigenvalue weighted by Crippen LogP contribution is 2.29. The number of hydrogen-bond donors (Lipinski definition) is 2. The van der Waals surface area contributed by atoms with Crippen molar-refractivity contribution in [1.29, 1.82) is 0 Å². The first kappa shape index (κ1) is 24.6. The average Bonchev–Trinajstić information content (AvgIpc) is 3.33. The van der Waals surface area contributed by atoms with Crippen molar-refractivity contribution in [3.63, 3.8) is 0 Å². The Bertz CT molecular complexity index is 1540. The fourth-order valence-electron chi connectivity index (χ4n) is 4.41. The number of nitrogens with two attached hydrogens (primary N) is 1. The lowest BCUT2D eigenvalue weighted by Crippen LogP contribution is -2.48. The Hall–Kier alpha value is -5.06. The summed E-state index contributed by atoms with van der Waals surface area (Å²) in [6.45, 7) is 5.65. The van der Waals surface area contributed by atoms with E-state index in [1.165, 1.54) is 30.3 Å². The maximum atomic E-state index is 13.1. The van der Waals surface area contributed by atoms with Gasteiger partial charge in [0.2, 0.25) is 5.91 Å². The normalized spacial score (nSPS) is 13.4. The van der Waals surface area contributed by atoms with Crippen LogP contribution in [-0.2, 0) is 4.79 Å². The van der Waals surface area contributed by atoms with E-state index in [0.29, 0.717) is 60.2 Å². The monoisotopic (exact) mass is 513 g/mol. The van der Waals surface area contributed by atoms with Crippen LogP contribution in [0.25, 0.3) is 16.9 Å². The minimum absolute atomic E-state index is 0.118. The number of amides is 3. The number of halogens is 1. The van der Waals surface area contributed by atoms with Crippen LogP contribution in [0.2, 0.25) is 0 Å². The summed E-state index contributed by atoms with van der Waals surface area (Å²) in [6.07, 6.45) is 4.51. The van der Waals surface area contributed by atoms with E-state index < -0.39 is 11.7 Å². The molecule has 3 amide bonds. The van der Waals surface area contributed by atoms with Crippen LogP contribution in [0.15, 0.2) is 73.6 Å². The summed E-state index contributed by atoms with van der Waals surface area (Å²) in [7, 11) is 0. The van der Waals surface area contributed by atoms with Gasteiger partial charge in [-0.25, -0.2) is 14.4 Å². The molecule has 1 saturated heterocycles. The van der Waals surface area contributed by atoms with Crippen LogP contribution in [0.1, 0.15) is 20.8 Å². The number of benzene rings is 2. The molecule has 38 heavy (non-hydrogen) atoms. The molecule has 4 aromatic rings. The molecule has 2 aromatic carbocycles. The van der Waals surface area contributed by atoms with Gasteiger partial charge >= 0.3 is 0 Å². The van der Waals surface area contributed by atoms with E-state index in [4.69, 9.17) is 10.7 Å². The van der Waals surface area contributed by atoms with E-state index in [2.05, 4.69) is 16.9 Å². The predicted molar refractivity (Wildman–Crippen MR) is 140 cm³/mol. The molecule has 1 fully saturated rings. The van der Waals surface area contributed by atoms with Gasteiger partial charge < -0.3 is 20.9 Å². The topological polar surface area (TPSA) is 126 Å². The molecule has 0 unspecified atom stereocenters. The summed E-state index contributed by atoms with van der Waals surface area (Å²) in [5, 5.41) is 2.76. The van der Waals surface area contributed by atoms with Crippen LogP contribution in [0.4, 0.5) is 15.9 Å². The number of fused-ring (bicyclic) bond motifs is 1. The van der Waals surface area contributed by atoms with E-state index in [-0.39, 0.29) is 17.5 Å². The van der Waals surface area contributed by atoms with Gasteiger partial charge in [0, 0.05) is 55.4 Å². The molecular weight excluding hydrogens is 489 g/mol. The molecule has 0 atom stereocenters. The highest BCUT2D eigenvalue weighted by Gasteiger charge is 2.26. The SMILES string of the molecule is C=CC(=O)N1CCN(c2nccn3c(C(N)=O)c(-c4ccc(NC(=O)c5ccc(F)cc5)cc4)nc23)CC1. The number of anilines is 2. The highest BCUT2D eigenvalue weighted by atomic mass is 19.1. The second kappa shape index (κ2) is 10.1. The summed E-state index contributed by atoms with van der Waals surface area (Å²) in [5.41, 5.74) is 8.26. The Kier molecular flexibility index (Phi) is 6.56. The molecule has 2 aromatic heterocycles. The zero-order chi connectivity index (χ0) is 26.8. The van der Waals surface area contributed by atoms with Crippen LogP contribution in [-0.4, -0.2) is 63.2 Å². The largest absolute Gasteiger partial charge is 0.364 e. The molecule has 3 heterocycles. The van der Waals surface area contributed by atoms with Crippen molar-refractivity contribution in [2.24, 2.45) is 5.73 Å². The second-order valence-corrected chi connectivity index (χ2v) is 8.67. The third-order valence-electron chi connectivity index (χ3n) is 6.35. The number of rotatable bonds is 6. The summed E-state index contributed by atoms with van der Waals surface area (Å²) >= 11 is 0. The zero-order valence-electron chi connectivity index (χ0n) is 20.3. The van der Waals surface area contributed by atoms with Gasteiger partial charge in [-0.3, -0.25) is 18.8 Å². The van der Waals surface area contributed by atoms with Gasteiger partial charge in [0.15, 0.2) is 11.5 Å². The predicted octanol–water partition coefficient (Wildman–Crippen LogP) is 2.72. The van der Waals surface area contributed by atoms with Crippen molar-refractivity contribution in [3.8, 4) is 11.3 Å². The van der Waals surface area contributed by atoms with Gasteiger partial charge in [-0.1, -0.05) is 18.7 Å². The Morgan fingerprint density at radius 3 is 2.32 bits per heavy atom. The van der Waals surface area contributed by atoms with Crippen molar-refractivity contribution >= 4 is 34.9 Å². The summed E-state index contributed by atoms with van der Waals surface area (Å²) in [6, 6.07) is 12.0. The maximum Gasteiger partial charge on any atom is 0.268 e. The Labute approximate surface area is 217 Å². The molecule has 0 radical (unpaired) electrons. The molecule has 1 aliphatic heterocycles. The molecule has 10 nitrogen and oxygen atoms in total. The van der Waals surface area contributed by atoms with Crippen LogP contribution >= 0.6 is 0 Å². The van der Waals surface area contributed by atoms with Crippen LogP contribution in [0, 0.1) is 5.82 Å². The van der Waals surface area contributed by atoms with Crippen molar-refractivity contribution < 1.29 is 18.8 Å². The first-order chi connectivity index (χ1) is 18.4. The number of primary amides is 1. The van der Waals surface area contributed by atoms with Crippen molar-refractivity contribution in [2.45, 2.75) is 0 Å². The first-order valence-corrected chi connectivity index (χ1v) is 11.9. The summed E-state index contributed by atoms with van der Waals surface area (Å²) in [5.74, 6) is -0.997. The lowest BCUT2D eigenvalue weighted by atomic mass is 10.1. The number of nitrogens with zero attached hydrogens (tertiary/aromatic N) is 5. The Morgan fingerprint density at radius 2 is 1.68 bits per heavy atom. The minimum Gasteiger partial charge on any atom is -0.364 e. The molecule has 192 valence electrons. The van der Waals surface area contributed by atoms with E-state index in [0.717, 1.165) is 0 Å². The second-order valence-electron chi connectivity index (χ2n) is 8.67. The van der Waals surface area contributed by atoms with Crippen LogP contribution in [0.5, 0.6) is 0 Å². The van der Waals surface area contributed by atoms with E-state index >= 15 is 0 Å². The Balaban J connectivity index is 1.43. The Morgan fingerprint density at radius 1 is 1.00 bits per heavy atom. The molecular formula is C27H24FN7O3. The summed E-state index contributed by atoms with van der Waals surface area (Å²) < 4.78 is 14.8. The molecule has 11 heteroatoms. The fraction of sp³-hybridized carbons (Fsp3) is 0.148. The van der Waals surface area contributed by atoms with Gasteiger partial charge in [-0.15, -0.1) is 0 Å². The number of aromatic nitrogens is 3. The fourth-order valence-corrected chi connectivity index (χ4v) is 4.41. The van der Waals surface area contributed by atoms with Gasteiger partial charge in [0.05, 0.1) is 0 Å². The quantitative estimate of drug-likeness (QED) is 0.382. The molecule has 0 spiro atoms. The molecule has 0 bridgehead atoms. The van der Waals surface area contributed by atoms with E-state index in [1.54, 1.807) is 46.0 Å². The maximum absolute atomic E-state index is 13.1.